The third-order valence-corrected chi connectivity index (χ3v) is 5.95. The van der Waals surface area contributed by atoms with Crippen molar-refractivity contribution in [3.63, 3.8) is 0 Å². The molecule has 8 heteroatoms. The number of halogens is 1. The molecule has 35 heavy (non-hydrogen) atoms. The lowest BCUT2D eigenvalue weighted by molar-refractivity contribution is -0.125. The number of anilines is 1. The number of rotatable bonds is 9. The molecule has 0 bridgehead atoms. The number of nitrogens with one attached hydrogen (secondary N) is 1. The average Bonchev–Trinajstić information content (AvgIpc) is 2.89. The van der Waals surface area contributed by atoms with Crippen LogP contribution < -0.4 is 19.7 Å². The van der Waals surface area contributed by atoms with E-state index in [9.17, 15) is 9.18 Å². The number of hydrogen-bond donors (Lipinski definition) is 1. The number of carbonyl (C=O) groups excluding carboxylic acids is 1. The molecule has 1 fully saturated rings. The molecule has 0 aliphatic carbocycles. The number of carbonyl (C=O) groups is 1. The predicted octanol–water partition coefficient (Wildman–Crippen LogP) is 4.61. The third-order valence-electron chi connectivity index (χ3n) is 5.95. The molecule has 0 radical (unpaired) electrons. The van der Waals surface area contributed by atoms with Crippen LogP contribution in [0.1, 0.15) is 32.3 Å². The molecule has 184 valence electrons. The Labute approximate surface area is 205 Å². The van der Waals surface area contributed by atoms with E-state index in [0.29, 0.717) is 43.8 Å². The molecule has 1 N–H and O–H groups in total. The summed E-state index contributed by atoms with van der Waals surface area (Å²) in [5.74, 6) is 1.54. The molecule has 0 spiro atoms. The third kappa shape index (κ3) is 6.26. The van der Waals surface area contributed by atoms with Gasteiger partial charge in [0.25, 0.3) is 0 Å². The molecule has 4 rings (SSSR count). The second-order valence-corrected chi connectivity index (χ2v) is 8.43. The molecule has 1 saturated heterocycles. The van der Waals surface area contributed by atoms with Crippen LogP contribution in [0.5, 0.6) is 11.5 Å². The van der Waals surface area contributed by atoms with Crippen LogP contribution in [0.2, 0.25) is 0 Å². The first-order valence-electron chi connectivity index (χ1n) is 12.1. The SMILES string of the molecule is CCOc1ccc(CNC(=O)C2CCCN(c3ncc(-c4cccc(F)c4)cn3)C2)cc1OCC. The van der Waals surface area contributed by atoms with E-state index >= 15 is 0 Å². The molecule has 1 aliphatic rings. The fraction of sp³-hybridized carbons (Fsp3) is 0.370. The largest absolute Gasteiger partial charge is 0.490 e. The van der Waals surface area contributed by atoms with Crippen molar-refractivity contribution in [3.05, 3.63) is 66.2 Å². The van der Waals surface area contributed by atoms with Gasteiger partial charge in [-0.2, -0.15) is 0 Å². The summed E-state index contributed by atoms with van der Waals surface area (Å²) in [6, 6.07) is 12.1. The lowest BCUT2D eigenvalue weighted by Crippen LogP contribution is -2.43. The Kier molecular flexibility index (Phi) is 8.13. The van der Waals surface area contributed by atoms with Crippen molar-refractivity contribution in [1.29, 1.82) is 0 Å². The quantitative estimate of drug-likeness (QED) is 0.484. The fourth-order valence-electron chi connectivity index (χ4n) is 4.21. The van der Waals surface area contributed by atoms with Crippen molar-refractivity contribution in [1.82, 2.24) is 15.3 Å². The van der Waals surface area contributed by atoms with Crippen LogP contribution >= 0.6 is 0 Å². The number of piperidine rings is 1. The van der Waals surface area contributed by atoms with Gasteiger partial charge in [0.1, 0.15) is 5.82 Å². The zero-order chi connectivity index (χ0) is 24.6. The molecule has 1 aromatic heterocycles. The van der Waals surface area contributed by atoms with E-state index in [1.54, 1.807) is 18.5 Å². The van der Waals surface area contributed by atoms with Crippen LogP contribution in [0.25, 0.3) is 11.1 Å². The summed E-state index contributed by atoms with van der Waals surface area (Å²) in [5, 5.41) is 3.06. The summed E-state index contributed by atoms with van der Waals surface area (Å²) in [4.78, 5) is 23.9. The number of nitrogens with zero attached hydrogens (tertiary/aromatic N) is 3. The molecule has 1 unspecified atom stereocenters. The van der Waals surface area contributed by atoms with Crippen molar-refractivity contribution in [3.8, 4) is 22.6 Å². The Balaban J connectivity index is 1.35. The van der Waals surface area contributed by atoms with Gasteiger partial charge in [-0.25, -0.2) is 14.4 Å². The molecular formula is C27H31FN4O3. The highest BCUT2D eigenvalue weighted by molar-refractivity contribution is 5.79. The van der Waals surface area contributed by atoms with Crippen molar-refractivity contribution in [2.24, 2.45) is 5.92 Å². The predicted molar refractivity (Wildman–Crippen MR) is 133 cm³/mol. The lowest BCUT2D eigenvalue weighted by atomic mass is 9.97. The van der Waals surface area contributed by atoms with E-state index in [2.05, 4.69) is 15.3 Å². The molecule has 1 amide bonds. The highest BCUT2D eigenvalue weighted by atomic mass is 19.1. The van der Waals surface area contributed by atoms with Crippen molar-refractivity contribution < 1.29 is 18.7 Å². The van der Waals surface area contributed by atoms with E-state index in [1.165, 1.54) is 12.1 Å². The van der Waals surface area contributed by atoms with Gasteiger partial charge >= 0.3 is 0 Å². The topological polar surface area (TPSA) is 76.6 Å². The monoisotopic (exact) mass is 478 g/mol. The van der Waals surface area contributed by atoms with Gasteiger partial charge in [-0.15, -0.1) is 0 Å². The first-order chi connectivity index (χ1) is 17.1. The second-order valence-electron chi connectivity index (χ2n) is 8.43. The molecule has 1 atom stereocenters. The zero-order valence-electron chi connectivity index (χ0n) is 20.2. The highest BCUT2D eigenvalue weighted by Crippen LogP contribution is 2.29. The van der Waals surface area contributed by atoms with Gasteiger partial charge in [0, 0.05) is 37.6 Å². The Bertz CT molecular complexity index is 1140. The second kappa shape index (κ2) is 11.6. The maximum atomic E-state index is 13.5. The molecule has 1 aliphatic heterocycles. The van der Waals surface area contributed by atoms with Crippen molar-refractivity contribution >= 4 is 11.9 Å². The summed E-state index contributed by atoms with van der Waals surface area (Å²) in [7, 11) is 0. The molecule has 2 heterocycles. The summed E-state index contributed by atoms with van der Waals surface area (Å²) < 4.78 is 24.8. The zero-order valence-corrected chi connectivity index (χ0v) is 20.2. The summed E-state index contributed by atoms with van der Waals surface area (Å²) in [5.41, 5.74) is 2.43. The summed E-state index contributed by atoms with van der Waals surface area (Å²) in [6.07, 6.45) is 5.09. The van der Waals surface area contributed by atoms with E-state index in [-0.39, 0.29) is 17.6 Å². The van der Waals surface area contributed by atoms with E-state index in [1.807, 2.05) is 43.0 Å². The number of benzene rings is 2. The Morgan fingerprint density at radius 3 is 2.57 bits per heavy atom. The minimum absolute atomic E-state index is 0.0120. The molecule has 7 nitrogen and oxygen atoms in total. The van der Waals surface area contributed by atoms with Gasteiger partial charge in [0.05, 0.1) is 19.1 Å². The first kappa shape index (κ1) is 24.4. The Morgan fingerprint density at radius 2 is 1.83 bits per heavy atom. The molecule has 3 aromatic rings. The minimum atomic E-state index is -0.296. The maximum absolute atomic E-state index is 13.5. The van der Waals surface area contributed by atoms with Crippen molar-refractivity contribution in [2.45, 2.75) is 33.2 Å². The lowest BCUT2D eigenvalue weighted by Gasteiger charge is -2.32. The van der Waals surface area contributed by atoms with E-state index in [0.717, 1.165) is 36.1 Å². The van der Waals surface area contributed by atoms with Gasteiger partial charge in [0.15, 0.2) is 11.5 Å². The Morgan fingerprint density at radius 1 is 1.06 bits per heavy atom. The number of hydrogen-bond acceptors (Lipinski definition) is 6. The van der Waals surface area contributed by atoms with Gasteiger partial charge in [-0.1, -0.05) is 18.2 Å². The molecular weight excluding hydrogens is 447 g/mol. The maximum Gasteiger partial charge on any atom is 0.225 e. The van der Waals surface area contributed by atoms with Crippen LogP contribution in [-0.2, 0) is 11.3 Å². The minimum Gasteiger partial charge on any atom is -0.490 e. The van der Waals surface area contributed by atoms with E-state index in [4.69, 9.17) is 9.47 Å². The average molecular weight is 479 g/mol. The summed E-state index contributed by atoms with van der Waals surface area (Å²) >= 11 is 0. The molecule has 2 aromatic carbocycles. The van der Waals surface area contributed by atoms with Gasteiger partial charge in [0.2, 0.25) is 11.9 Å². The Hall–Kier alpha value is -3.68. The fourth-order valence-corrected chi connectivity index (χ4v) is 4.21. The summed E-state index contributed by atoms with van der Waals surface area (Å²) in [6.45, 7) is 6.72. The van der Waals surface area contributed by atoms with Crippen LogP contribution in [0, 0.1) is 11.7 Å². The van der Waals surface area contributed by atoms with Crippen LogP contribution in [0.4, 0.5) is 10.3 Å². The van der Waals surface area contributed by atoms with Gasteiger partial charge in [-0.3, -0.25) is 4.79 Å². The van der Waals surface area contributed by atoms with Gasteiger partial charge < -0.3 is 19.7 Å². The van der Waals surface area contributed by atoms with Crippen LogP contribution in [0.15, 0.2) is 54.9 Å². The number of amides is 1. The highest BCUT2D eigenvalue weighted by Gasteiger charge is 2.27. The van der Waals surface area contributed by atoms with Crippen molar-refractivity contribution in [2.75, 3.05) is 31.2 Å². The van der Waals surface area contributed by atoms with Gasteiger partial charge in [-0.05, 0) is 62.1 Å². The first-order valence-corrected chi connectivity index (χ1v) is 12.1. The van der Waals surface area contributed by atoms with Crippen LogP contribution in [0.3, 0.4) is 0 Å². The van der Waals surface area contributed by atoms with E-state index < -0.39 is 0 Å². The smallest absolute Gasteiger partial charge is 0.225 e. The molecule has 0 saturated carbocycles. The normalized spacial score (nSPS) is 15.5. The van der Waals surface area contributed by atoms with Crippen LogP contribution in [-0.4, -0.2) is 42.2 Å². The number of aromatic nitrogens is 2. The standard InChI is InChI=1S/C27H31FN4O3/c1-3-34-24-11-10-19(13-25(24)35-4-2)15-29-26(33)21-8-6-12-32(18-21)27-30-16-22(17-31-27)20-7-5-9-23(28)14-20/h5,7,9-11,13-14,16-17,21H,3-4,6,8,12,15,18H2,1-2H3,(H,29,33). The number of ether oxygens (including phenoxy) is 2.